The number of hydrogen-bond donors (Lipinski definition) is 2. The minimum Gasteiger partial charge on any atom is -0.497 e. The molecule has 2 aromatic carbocycles. The predicted octanol–water partition coefficient (Wildman–Crippen LogP) is 6.16. The number of carbonyl (C=O) groups is 3. The van der Waals surface area contributed by atoms with Crippen LogP contribution >= 0.6 is 38.9 Å². The topological polar surface area (TPSA) is 128 Å². The van der Waals surface area contributed by atoms with Crippen molar-refractivity contribution in [2.45, 2.75) is 58.2 Å². The summed E-state index contributed by atoms with van der Waals surface area (Å²) in [4.78, 5) is 44.7. The quantitative estimate of drug-likeness (QED) is 0.157. The Kier molecular flexibility index (Phi) is 9.45. The maximum atomic E-state index is 13.4. The van der Waals surface area contributed by atoms with Crippen molar-refractivity contribution in [3.63, 3.8) is 0 Å². The van der Waals surface area contributed by atoms with Crippen molar-refractivity contribution < 1.29 is 19.1 Å². The molecule has 2 aromatic heterocycles. The summed E-state index contributed by atoms with van der Waals surface area (Å²) in [5.74, 6) is 1.13. The van der Waals surface area contributed by atoms with E-state index in [0.717, 1.165) is 33.2 Å². The molecular formula is C34H32BrClN6O4S. The highest BCUT2D eigenvalue weighted by Crippen LogP contribution is 2.39. The molecule has 4 aromatic rings. The number of ketones is 1. The summed E-state index contributed by atoms with van der Waals surface area (Å²) in [7, 11) is 1.55. The molecule has 2 aliphatic rings. The van der Waals surface area contributed by atoms with Gasteiger partial charge in [0, 0.05) is 49.2 Å². The summed E-state index contributed by atoms with van der Waals surface area (Å²) in [5.41, 5.74) is 4.25. The number of allylic oxidation sites excluding steroid dienone is 1. The summed E-state index contributed by atoms with van der Waals surface area (Å²) in [5, 5.41) is 16.4. The van der Waals surface area contributed by atoms with Crippen LogP contribution in [-0.2, 0) is 9.59 Å². The van der Waals surface area contributed by atoms with E-state index in [-0.39, 0.29) is 36.1 Å². The van der Waals surface area contributed by atoms with Crippen LogP contribution in [0.25, 0.3) is 5.00 Å². The van der Waals surface area contributed by atoms with E-state index in [2.05, 4.69) is 50.6 Å². The number of aliphatic imine (C=N–C) groups is 1. The summed E-state index contributed by atoms with van der Waals surface area (Å²) in [6.45, 7) is 6.08. The van der Waals surface area contributed by atoms with Crippen LogP contribution in [0.4, 0.5) is 0 Å². The van der Waals surface area contributed by atoms with Crippen molar-refractivity contribution >= 4 is 62.2 Å². The van der Waals surface area contributed by atoms with E-state index in [1.165, 1.54) is 17.0 Å². The summed E-state index contributed by atoms with van der Waals surface area (Å²) < 4.78 is 7.76. The first-order valence-electron chi connectivity index (χ1n) is 15.0. The maximum absolute atomic E-state index is 13.4. The second-order valence-corrected chi connectivity index (χ2v) is 14.1. The van der Waals surface area contributed by atoms with Gasteiger partial charge >= 0.3 is 0 Å². The number of fused-ring (bicyclic) bond motifs is 3. The zero-order valence-corrected chi connectivity index (χ0v) is 29.3. The molecule has 0 unspecified atom stereocenters. The van der Waals surface area contributed by atoms with Crippen LogP contribution in [0.3, 0.4) is 0 Å². The van der Waals surface area contributed by atoms with Crippen LogP contribution in [-0.4, -0.2) is 57.3 Å². The minimum atomic E-state index is -0.565. The van der Waals surface area contributed by atoms with Gasteiger partial charge in [0.15, 0.2) is 11.6 Å². The fourth-order valence-electron chi connectivity index (χ4n) is 5.76. The molecule has 0 bridgehead atoms. The Hall–Kier alpha value is -4.13. The highest BCUT2D eigenvalue weighted by atomic mass is 79.9. The second kappa shape index (κ2) is 13.5. The first-order chi connectivity index (χ1) is 22.5. The van der Waals surface area contributed by atoms with Crippen LogP contribution in [0, 0.1) is 20.8 Å². The third-order valence-corrected chi connectivity index (χ3v) is 10.5. The normalized spacial score (nSPS) is 18.4. The molecule has 10 nitrogen and oxygen atoms in total. The molecule has 13 heteroatoms. The van der Waals surface area contributed by atoms with Crippen LogP contribution in [0.15, 0.2) is 64.1 Å². The Morgan fingerprint density at radius 1 is 1.04 bits per heavy atom. The van der Waals surface area contributed by atoms with Gasteiger partial charge in [-0.15, -0.1) is 21.5 Å². The number of amides is 2. The van der Waals surface area contributed by atoms with Crippen LogP contribution < -0.4 is 15.4 Å². The molecule has 1 saturated carbocycles. The van der Waals surface area contributed by atoms with Gasteiger partial charge in [-0.3, -0.25) is 23.9 Å². The number of hydrogen-bond acceptors (Lipinski definition) is 8. The van der Waals surface area contributed by atoms with Gasteiger partial charge in [-0.1, -0.05) is 23.7 Å². The lowest BCUT2D eigenvalue weighted by Gasteiger charge is -2.36. The molecule has 1 aliphatic carbocycles. The highest BCUT2D eigenvalue weighted by Gasteiger charge is 2.35. The first-order valence-corrected chi connectivity index (χ1v) is 17.0. The van der Waals surface area contributed by atoms with Crippen LogP contribution in [0.2, 0.25) is 5.02 Å². The summed E-state index contributed by atoms with van der Waals surface area (Å²) >= 11 is 11.2. The monoisotopic (exact) mass is 734 g/mol. The van der Waals surface area contributed by atoms with Crippen LogP contribution in [0.1, 0.15) is 68.9 Å². The van der Waals surface area contributed by atoms with Crippen LogP contribution in [0.5, 0.6) is 5.75 Å². The number of methoxy groups -OCH3 is 1. The molecule has 0 spiro atoms. The number of halogens is 2. The molecule has 2 N–H and O–H groups in total. The van der Waals surface area contributed by atoms with Crippen molar-refractivity contribution in [1.29, 1.82) is 0 Å². The number of nitrogens with zero attached hydrogens (tertiary/aromatic N) is 4. The molecule has 6 rings (SSSR count). The lowest BCUT2D eigenvalue weighted by Crippen LogP contribution is -2.53. The number of ether oxygens (including phenoxy) is 1. The number of aryl methyl sites for hydroxylation is 2. The number of carbonyl (C=O) groups excluding carboxylic acids is 3. The van der Waals surface area contributed by atoms with Gasteiger partial charge in [0.05, 0.1) is 19.2 Å². The van der Waals surface area contributed by atoms with Crippen molar-refractivity contribution in [3.05, 3.63) is 103 Å². The average molecular weight is 736 g/mol. The third kappa shape index (κ3) is 6.81. The molecule has 0 radical (unpaired) electrons. The Balaban J connectivity index is 1.10. The molecular weight excluding hydrogens is 704 g/mol. The molecule has 47 heavy (non-hydrogen) atoms. The first kappa shape index (κ1) is 32.8. The Bertz CT molecular complexity index is 1940. The van der Waals surface area contributed by atoms with Gasteiger partial charge < -0.3 is 15.4 Å². The second-order valence-electron chi connectivity index (χ2n) is 11.6. The lowest BCUT2D eigenvalue weighted by atomic mass is 9.86. The molecule has 1 fully saturated rings. The van der Waals surface area contributed by atoms with E-state index in [9.17, 15) is 14.4 Å². The van der Waals surface area contributed by atoms with Gasteiger partial charge in [0.2, 0.25) is 11.8 Å². The minimum absolute atomic E-state index is 0.0848. The fourth-order valence-corrected chi connectivity index (χ4v) is 7.65. The van der Waals surface area contributed by atoms with Crippen molar-refractivity contribution in [1.82, 2.24) is 25.4 Å². The van der Waals surface area contributed by atoms with Crippen molar-refractivity contribution in [2.75, 3.05) is 7.11 Å². The van der Waals surface area contributed by atoms with Crippen molar-refractivity contribution in [3.8, 4) is 10.8 Å². The molecule has 242 valence electrons. The van der Waals surface area contributed by atoms with Gasteiger partial charge in [0.1, 0.15) is 22.6 Å². The standard InChI is InChI=1S/C34H32BrClN6O4S/c1-17-18(2)47-34-31(17)32(20-5-7-21(36)8-6-20)39-27(33-41-40-19(3)42(33)34)16-30(45)38-23-13-22(14-23)37-29(44)12-11-28(43)25-10-9-24(46-4)15-26(25)35/h5-12,15,22-23,27H,13-14,16H2,1-4H3,(H,37,44)(H,38,45)/b12-11+/t22?,23?,27-/m0/s1. The van der Waals surface area contributed by atoms with Gasteiger partial charge in [0.25, 0.3) is 0 Å². The predicted molar refractivity (Wildman–Crippen MR) is 185 cm³/mol. The molecule has 3 heterocycles. The number of benzene rings is 2. The number of rotatable bonds is 9. The number of thiophene rings is 1. The van der Waals surface area contributed by atoms with Gasteiger partial charge in [-0.2, -0.15) is 0 Å². The molecule has 1 aliphatic heterocycles. The van der Waals surface area contributed by atoms with E-state index < -0.39 is 6.04 Å². The molecule has 1 atom stereocenters. The lowest BCUT2D eigenvalue weighted by molar-refractivity contribution is -0.123. The van der Waals surface area contributed by atoms with E-state index in [0.29, 0.717) is 39.5 Å². The van der Waals surface area contributed by atoms with E-state index in [1.807, 2.05) is 35.8 Å². The largest absolute Gasteiger partial charge is 0.497 e. The van der Waals surface area contributed by atoms with Gasteiger partial charge in [-0.05, 0) is 91.5 Å². The molecule has 2 amide bonds. The Morgan fingerprint density at radius 3 is 2.47 bits per heavy atom. The third-order valence-electron chi connectivity index (χ3n) is 8.41. The Labute approximate surface area is 289 Å². The van der Waals surface area contributed by atoms with Crippen molar-refractivity contribution in [2.24, 2.45) is 4.99 Å². The van der Waals surface area contributed by atoms with E-state index in [1.54, 1.807) is 36.6 Å². The summed E-state index contributed by atoms with van der Waals surface area (Å²) in [6, 6.07) is 11.8. The smallest absolute Gasteiger partial charge is 0.244 e. The summed E-state index contributed by atoms with van der Waals surface area (Å²) in [6.07, 6.45) is 3.72. The van der Waals surface area contributed by atoms with Gasteiger partial charge in [-0.25, -0.2) is 0 Å². The van der Waals surface area contributed by atoms with E-state index in [4.69, 9.17) is 21.3 Å². The SMILES string of the molecule is COc1ccc(C(=O)/C=C/C(=O)NC2CC(NC(=O)C[C@@H]3N=C(c4ccc(Cl)cc4)c4c(sc(C)c4C)-n4c(C)nnc43)C2)c(Br)c1. The number of aromatic nitrogens is 3. The zero-order chi connectivity index (χ0) is 33.4. The van der Waals surface area contributed by atoms with E-state index >= 15 is 0 Å². The Morgan fingerprint density at radius 2 is 1.77 bits per heavy atom. The highest BCUT2D eigenvalue weighted by molar-refractivity contribution is 9.10. The average Bonchev–Trinajstić information content (AvgIpc) is 3.50. The number of nitrogens with one attached hydrogen (secondary N) is 2. The fraction of sp³-hybridized carbons (Fsp3) is 0.294. The zero-order valence-electron chi connectivity index (χ0n) is 26.1. The maximum Gasteiger partial charge on any atom is 0.244 e. The molecule has 0 saturated heterocycles.